The van der Waals surface area contributed by atoms with Gasteiger partial charge in [-0.25, -0.2) is 17.5 Å². The molecule has 0 saturated heterocycles. The van der Waals surface area contributed by atoms with Crippen LogP contribution in [0.2, 0.25) is 0 Å². The van der Waals surface area contributed by atoms with Crippen molar-refractivity contribution in [2.75, 3.05) is 6.54 Å². The van der Waals surface area contributed by atoms with Crippen molar-refractivity contribution >= 4 is 26.0 Å². The molecule has 94 valence electrons. The summed E-state index contributed by atoms with van der Waals surface area (Å²) < 4.78 is 39.2. The average Bonchev–Trinajstić information content (AvgIpc) is 2.25. The van der Waals surface area contributed by atoms with Crippen LogP contribution in [-0.2, 0) is 10.0 Å². The molecule has 3 nitrogen and oxygen atoms in total. The van der Waals surface area contributed by atoms with Crippen molar-refractivity contribution in [1.29, 1.82) is 0 Å². The Morgan fingerprint density at radius 1 is 1.53 bits per heavy atom. The van der Waals surface area contributed by atoms with Crippen molar-refractivity contribution < 1.29 is 12.8 Å². The molecule has 0 aliphatic heterocycles. The molecular formula is C11H13BrFNO2S. The highest BCUT2D eigenvalue weighted by Crippen LogP contribution is 2.22. The molecule has 1 aromatic carbocycles. The number of hydrogen-bond acceptors (Lipinski definition) is 2. The van der Waals surface area contributed by atoms with E-state index in [1.54, 1.807) is 0 Å². The van der Waals surface area contributed by atoms with Gasteiger partial charge in [-0.15, -0.1) is 0 Å². The van der Waals surface area contributed by atoms with Crippen molar-refractivity contribution in [3.63, 3.8) is 0 Å². The van der Waals surface area contributed by atoms with Gasteiger partial charge in [-0.1, -0.05) is 19.1 Å². The Kier molecular flexibility index (Phi) is 4.85. The van der Waals surface area contributed by atoms with Crippen LogP contribution in [0.5, 0.6) is 0 Å². The third kappa shape index (κ3) is 3.90. The van der Waals surface area contributed by atoms with Crippen LogP contribution in [0, 0.1) is 5.82 Å². The Bertz CT molecular complexity index is 528. The van der Waals surface area contributed by atoms with Crippen LogP contribution in [0.1, 0.15) is 13.3 Å². The molecular weight excluding hydrogens is 309 g/mol. The Balaban J connectivity index is 2.94. The van der Waals surface area contributed by atoms with Gasteiger partial charge in [-0.3, -0.25) is 0 Å². The lowest BCUT2D eigenvalue weighted by Gasteiger charge is -2.09. The minimum absolute atomic E-state index is 0.0165. The lowest BCUT2D eigenvalue weighted by Crippen LogP contribution is -2.26. The molecule has 0 bridgehead atoms. The largest absolute Gasteiger partial charge is 0.241 e. The van der Waals surface area contributed by atoms with Gasteiger partial charge in [0, 0.05) is 11.0 Å². The van der Waals surface area contributed by atoms with Crippen LogP contribution in [0.25, 0.3) is 0 Å². The van der Waals surface area contributed by atoms with E-state index < -0.39 is 15.8 Å². The van der Waals surface area contributed by atoms with Gasteiger partial charge in [0.25, 0.3) is 0 Å². The molecule has 0 fully saturated rings. The molecule has 0 atom stereocenters. The summed E-state index contributed by atoms with van der Waals surface area (Å²) in [4.78, 5) is 0.0165. The number of benzene rings is 1. The molecule has 0 heterocycles. The Labute approximate surface area is 109 Å². The predicted molar refractivity (Wildman–Crippen MR) is 68.7 cm³/mol. The third-order valence-corrected chi connectivity index (χ3v) is 4.57. The molecule has 1 rings (SSSR count). The molecule has 0 aliphatic carbocycles. The zero-order chi connectivity index (χ0) is 13.1. The van der Waals surface area contributed by atoms with E-state index in [9.17, 15) is 12.8 Å². The summed E-state index contributed by atoms with van der Waals surface area (Å²) in [5.74, 6) is -0.492. The third-order valence-electron chi connectivity index (χ3n) is 2.20. The predicted octanol–water partition coefficient (Wildman–Crippen LogP) is 2.83. The van der Waals surface area contributed by atoms with Crippen molar-refractivity contribution in [2.24, 2.45) is 0 Å². The summed E-state index contributed by atoms with van der Waals surface area (Å²) in [5.41, 5.74) is 0.784. The summed E-state index contributed by atoms with van der Waals surface area (Å²) in [5, 5.41) is 0. The van der Waals surface area contributed by atoms with Gasteiger partial charge in [0.1, 0.15) is 5.82 Å². The second-order valence-corrected chi connectivity index (χ2v) is 6.09. The zero-order valence-corrected chi connectivity index (χ0v) is 11.7. The highest BCUT2D eigenvalue weighted by Gasteiger charge is 2.17. The van der Waals surface area contributed by atoms with E-state index in [4.69, 9.17) is 0 Å². The van der Waals surface area contributed by atoms with E-state index in [-0.39, 0.29) is 15.9 Å². The van der Waals surface area contributed by atoms with Gasteiger partial charge in [0.05, 0.1) is 4.90 Å². The van der Waals surface area contributed by atoms with Gasteiger partial charge in [0.15, 0.2) is 0 Å². The normalized spacial score (nSPS) is 11.5. The molecule has 6 heteroatoms. The van der Waals surface area contributed by atoms with Crippen LogP contribution in [-0.4, -0.2) is 15.0 Å². The van der Waals surface area contributed by atoms with Crippen LogP contribution in [0.3, 0.4) is 0 Å². The van der Waals surface area contributed by atoms with Gasteiger partial charge in [-0.05, 0) is 40.5 Å². The first-order chi connectivity index (χ1) is 7.86. The van der Waals surface area contributed by atoms with E-state index in [1.807, 2.05) is 6.92 Å². The quantitative estimate of drug-likeness (QED) is 0.848. The van der Waals surface area contributed by atoms with Crippen LogP contribution < -0.4 is 4.72 Å². The van der Waals surface area contributed by atoms with E-state index >= 15 is 0 Å². The first-order valence-electron chi connectivity index (χ1n) is 4.98. The Morgan fingerprint density at radius 3 is 2.71 bits per heavy atom. The van der Waals surface area contributed by atoms with E-state index in [0.717, 1.165) is 17.7 Å². The van der Waals surface area contributed by atoms with Crippen LogP contribution in [0.15, 0.2) is 39.7 Å². The Hall–Kier alpha value is -0.720. The molecule has 17 heavy (non-hydrogen) atoms. The molecule has 1 N–H and O–H groups in total. The summed E-state index contributed by atoms with van der Waals surface area (Å²) in [6.07, 6.45) is 0.701. The molecule has 0 radical (unpaired) electrons. The van der Waals surface area contributed by atoms with Crippen molar-refractivity contribution in [3.8, 4) is 0 Å². The SMILES string of the molecule is C=C(CC)CNS(=O)(=O)c1ccc(F)cc1Br. The van der Waals surface area contributed by atoms with E-state index in [2.05, 4.69) is 27.2 Å². The highest BCUT2D eigenvalue weighted by molar-refractivity contribution is 9.10. The highest BCUT2D eigenvalue weighted by atomic mass is 79.9. The fourth-order valence-corrected chi connectivity index (χ4v) is 3.20. The molecule has 0 saturated carbocycles. The number of halogens is 2. The summed E-state index contributed by atoms with van der Waals surface area (Å²) >= 11 is 3.03. The van der Waals surface area contributed by atoms with Gasteiger partial charge in [-0.2, -0.15) is 0 Å². The maximum atomic E-state index is 12.8. The topological polar surface area (TPSA) is 46.2 Å². The van der Waals surface area contributed by atoms with Crippen LogP contribution in [0.4, 0.5) is 4.39 Å². The maximum absolute atomic E-state index is 12.8. The number of hydrogen-bond donors (Lipinski definition) is 1. The van der Waals surface area contributed by atoms with Crippen molar-refractivity contribution in [1.82, 2.24) is 4.72 Å². The van der Waals surface area contributed by atoms with Gasteiger partial charge >= 0.3 is 0 Å². The first-order valence-corrected chi connectivity index (χ1v) is 7.26. The smallest absolute Gasteiger partial charge is 0.207 e. The molecule has 0 unspecified atom stereocenters. The van der Waals surface area contributed by atoms with E-state index in [0.29, 0.717) is 6.42 Å². The second kappa shape index (κ2) is 5.75. The monoisotopic (exact) mass is 321 g/mol. The van der Waals surface area contributed by atoms with Crippen LogP contribution >= 0.6 is 15.9 Å². The number of rotatable bonds is 5. The number of nitrogens with one attached hydrogen (secondary N) is 1. The fourth-order valence-electron chi connectivity index (χ4n) is 1.09. The van der Waals surface area contributed by atoms with Gasteiger partial charge < -0.3 is 0 Å². The maximum Gasteiger partial charge on any atom is 0.241 e. The summed E-state index contributed by atoms with van der Waals surface area (Å²) in [6.45, 7) is 5.78. The second-order valence-electron chi connectivity index (χ2n) is 3.50. The molecule has 0 spiro atoms. The molecule has 0 amide bonds. The molecule has 1 aromatic rings. The van der Waals surface area contributed by atoms with Gasteiger partial charge in [0.2, 0.25) is 10.0 Å². The standard InChI is InChI=1S/C11H13BrFNO2S/c1-3-8(2)7-14-17(15,16)11-5-4-9(13)6-10(11)12/h4-6,14H,2-3,7H2,1H3. The lowest BCUT2D eigenvalue weighted by atomic mass is 10.2. The minimum atomic E-state index is -3.64. The lowest BCUT2D eigenvalue weighted by molar-refractivity contribution is 0.582. The number of sulfonamides is 1. The van der Waals surface area contributed by atoms with Crippen molar-refractivity contribution in [3.05, 3.63) is 40.6 Å². The Morgan fingerprint density at radius 2 is 2.18 bits per heavy atom. The average molecular weight is 322 g/mol. The van der Waals surface area contributed by atoms with E-state index in [1.165, 1.54) is 6.07 Å². The summed E-state index contributed by atoms with van der Waals surface area (Å²) in [7, 11) is -3.64. The first kappa shape index (κ1) is 14.3. The minimum Gasteiger partial charge on any atom is -0.207 e. The zero-order valence-electron chi connectivity index (χ0n) is 9.33. The molecule has 0 aromatic heterocycles. The summed E-state index contributed by atoms with van der Waals surface area (Å²) in [6, 6.07) is 3.44. The van der Waals surface area contributed by atoms with Crippen molar-refractivity contribution in [2.45, 2.75) is 18.2 Å². The fraction of sp³-hybridized carbons (Fsp3) is 0.273. The molecule has 0 aliphatic rings.